The molecule has 0 radical (unpaired) electrons. The third-order valence-electron chi connectivity index (χ3n) is 22.8. The molecule has 0 N–H and O–H groups in total. The first kappa shape index (κ1) is 86.6. The van der Waals surface area contributed by atoms with Crippen LogP contribution in [0.1, 0.15) is 0 Å². The van der Waals surface area contributed by atoms with Crippen LogP contribution in [-0.4, -0.2) is 15.0 Å². The second-order valence-electron chi connectivity index (χ2n) is 31.4. The van der Waals surface area contributed by atoms with Crippen LogP contribution in [0.5, 0.6) is 0 Å². The van der Waals surface area contributed by atoms with Gasteiger partial charge in [-0.2, -0.15) is 0 Å². The van der Waals surface area contributed by atoms with Gasteiger partial charge in [0.1, 0.15) is 0 Å². The Morgan fingerprint density at radius 1 is 0.135 bits per heavy atom. The first-order valence-electron chi connectivity index (χ1n) is 44.2. The van der Waals surface area contributed by atoms with Gasteiger partial charge in [0.25, 0.3) is 0 Å². The number of pyridine rings is 3. The predicted molar refractivity (Wildman–Crippen MR) is 550 cm³/mol. The number of para-hydroxylation sites is 12. The van der Waals surface area contributed by atoms with E-state index in [2.05, 4.69) is 484 Å². The number of benzene rings is 18. The van der Waals surface area contributed by atoms with Crippen molar-refractivity contribution in [1.29, 1.82) is 0 Å². The standard InChI is InChI=1S/3C41H30N3.Ir/c3*1-5-15-35(16-6-1)43(36-17-7-2-8-18-36)39-26-24-32(25-27-39)41-31-34(28-29-42-41)33-14-13-23-40(30-33)44(37-19-9-3-10-20-37)38-21-11-4-12-22-38;/h3*1-24,26-31H;/q3*-1;+3. The zero-order valence-corrected chi connectivity index (χ0v) is 75.2. The van der Waals surface area contributed by atoms with Crippen molar-refractivity contribution >= 4 is 102 Å². The Labute approximate surface area is 792 Å². The quantitative estimate of drug-likeness (QED) is 0.0551. The third kappa shape index (κ3) is 20.9. The number of rotatable bonds is 24. The van der Waals surface area contributed by atoms with Crippen LogP contribution < -0.4 is 29.4 Å². The van der Waals surface area contributed by atoms with Crippen LogP contribution in [0.4, 0.5) is 102 Å². The Hall–Kier alpha value is -17.1. The topological polar surface area (TPSA) is 58.1 Å². The van der Waals surface area contributed by atoms with Crippen LogP contribution in [0.25, 0.3) is 67.2 Å². The van der Waals surface area contributed by atoms with Gasteiger partial charge in [-0.15, -0.1) is 89.5 Å². The van der Waals surface area contributed by atoms with E-state index in [0.29, 0.717) is 0 Å². The van der Waals surface area contributed by atoms with E-state index >= 15 is 0 Å². The van der Waals surface area contributed by atoms with E-state index in [4.69, 9.17) is 15.0 Å². The maximum Gasteiger partial charge on any atom is 3.00 e. The average Bonchev–Trinajstić information content (AvgIpc) is 0.855. The van der Waals surface area contributed by atoms with E-state index in [1.54, 1.807) is 0 Å². The van der Waals surface area contributed by atoms with Gasteiger partial charge in [0.2, 0.25) is 0 Å². The Kier molecular flexibility index (Phi) is 27.8. The van der Waals surface area contributed by atoms with Gasteiger partial charge in [-0.05, 0) is 268 Å². The molecule has 10 heteroatoms. The van der Waals surface area contributed by atoms with Crippen molar-refractivity contribution in [1.82, 2.24) is 15.0 Å². The van der Waals surface area contributed by atoms with Crippen LogP contribution in [0, 0.1) is 18.2 Å². The van der Waals surface area contributed by atoms with Crippen molar-refractivity contribution in [2.75, 3.05) is 29.4 Å². The molecule has 0 atom stereocenters. The van der Waals surface area contributed by atoms with E-state index in [1.807, 2.05) is 110 Å². The molecule has 0 aliphatic heterocycles. The summed E-state index contributed by atoms with van der Waals surface area (Å²) < 4.78 is 0. The third-order valence-corrected chi connectivity index (χ3v) is 22.8. The summed E-state index contributed by atoms with van der Waals surface area (Å²) in [5, 5.41) is 0. The Morgan fingerprint density at radius 2 is 0.293 bits per heavy atom. The fraction of sp³-hybridized carbons (Fsp3) is 0. The zero-order valence-electron chi connectivity index (χ0n) is 72.8. The van der Waals surface area contributed by atoms with Gasteiger partial charge in [0.15, 0.2) is 0 Å². The van der Waals surface area contributed by atoms with Gasteiger partial charge in [-0.1, -0.05) is 273 Å². The Bertz CT molecular complexity index is 6290. The van der Waals surface area contributed by atoms with Crippen molar-refractivity contribution in [3.63, 3.8) is 0 Å². The van der Waals surface area contributed by atoms with Crippen molar-refractivity contribution in [2.45, 2.75) is 0 Å². The zero-order chi connectivity index (χ0) is 88.7. The first-order chi connectivity index (χ1) is 65.5. The second kappa shape index (κ2) is 42.6. The molecule has 0 unspecified atom stereocenters. The average molecular weight is 1890 g/mol. The summed E-state index contributed by atoms with van der Waals surface area (Å²) in [5.41, 5.74) is 31.8. The number of hydrogen-bond donors (Lipinski definition) is 0. The van der Waals surface area contributed by atoms with Crippen molar-refractivity contribution in [3.8, 4) is 67.2 Å². The molecule has 0 saturated carbocycles. The molecule has 133 heavy (non-hydrogen) atoms. The molecule has 9 nitrogen and oxygen atoms in total. The SMILES string of the molecule is [Ir+3].[c-]1cc(N(c2ccccc2)c2ccccc2)ccc1-c1cc(-c2cccc(N(c3ccccc3)c3ccccc3)c2)ccn1.[c-]1cc(N(c2ccccc2)c2ccccc2)ccc1-c1cc(-c2cccc(N(c3ccccc3)c3ccccc3)c2)ccn1.[c-]1cc(N(c2ccccc2)c2ccccc2)ccc1-c1cc(-c2cccc(N(c3ccccc3)c3ccccc3)c2)ccn1. The van der Waals surface area contributed by atoms with Gasteiger partial charge < -0.3 is 44.4 Å². The largest absolute Gasteiger partial charge is 3.00 e. The number of aromatic nitrogens is 3. The molecule has 0 fully saturated rings. The molecule has 636 valence electrons. The van der Waals surface area contributed by atoms with Crippen molar-refractivity contribution < 1.29 is 20.1 Å². The van der Waals surface area contributed by atoms with Gasteiger partial charge in [-0.3, -0.25) is 0 Å². The molecule has 21 rings (SSSR count). The van der Waals surface area contributed by atoms with E-state index in [9.17, 15) is 0 Å². The van der Waals surface area contributed by atoms with Gasteiger partial charge >= 0.3 is 20.1 Å². The molecular weight excluding hydrogens is 1800 g/mol. The summed E-state index contributed by atoms with van der Waals surface area (Å²) in [7, 11) is 0. The monoisotopic (exact) mass is 1890 g/mol. The molecule has 0 saturated heterocycles. The van der Waals surface area contributed by atoms with E-state index in [1.165, 1.54) is 0 Å². The fourth-order valence-corrected chi connectivity index (χ4v) is 16.5. The molecule has 3 aromatic heterocycles. The normalized spacial score (nSPS) is 10.6. The predicted octanol–water partition coefficient (Wildman–Crippen LogP) is 33.5. The minimum atomic E-state index is 0. The summed E-state index contributed by atoms with van der Waals surface area (Å²) >= 11 is 0. The molecular formula is C123H90IrN9. The summed E-state index contributed by atoms with van der Waals surface area (Å²) in [5.74, 6) is 0. The summed E-state index contributed by atoms with van der Waals surface area (Å²) in [6.07, 6.45) is 5.64. The Balaban J connectivity index is 0.000000133. The van der Waals surface area contributed by atoms with Crippen molar-refractivity contribution in [2.24, 2.45) is 0 Å². The number of nitrogens with zero attached hydrogens (tertiary/aromatic N) is 9. The molecule has 21 aromatic rings. The van der Waals surface area contributed by atoms with Crippen LogP contribution in [0.3, 0.4) is 0 Å². The van der Waals surface area contributed by atoms with Crippen LogP contribution >= 0.6 is 0 Å². The summed E-state index contributed by atoms with van der Waals surface area (Å²) in [4.78, 5) is 27.7. The van der Waals surface area contributed by atoms with Crippen LogP contribution in [0.15, 0.2) is 546 Å². The number of anilines is 18. The molecule has 0 aliphatic rings. The van der Waals surface area contributed by atoms with Gasteiger partial charge in [-0.25, -0.2) is 0 Å². The summed E-state index contributed by atoms with van der Waals surface area (Å²) in [6, 6.07) is 193. The molecule has 0 aliphatic carbocycles. The minimum absolute atomic E-state index is 0. The van der Waals surface area contributed by atoms with Gasteiger partial charge in [0.05, 0.1) is 0 Å². The molecule has 18 aromatic carbocycles. The van der Waals surface area contributed by atoms with Gasteiger partial charge in [0, 0.05) is 104 Å². The van der Waals surface area contributed by atoms with Crippen LogP contribution in [0.2, 0.25) is 0 Å². The first-order valence-corrected chi connectivity index (χ1v) is 44.2. The number of hydrogen-bond acceptors (Lipinski definition) is 9. The molecule has 0 spiro atoms. The van der Waals surface area contributed by atoms with E-state index < -0.39 is 0 Å². The smallest absolute Gasteiger partial charge is 0.352 e. The van der Waals surface area contributed by atoms with E-state index in [-0.39, 0.29) is 20.1 Å². The molecule has 0 bridgehead atoms. The maximum absolute atomic E-state index is 4.72. The fourth-order valence-electron chi connectivity index (χ4n) is 16.5. The van der Waals surface area contributed by atoms with Crippen molar-refractivity contribution in [3.05, 3.63) is 565 Å². The molecule has 0 amide bonds. The maximum atomic E-state index is 4.72. The molecule has 3 heterocycles. The second-order valence-corrected chi connectivity index (χ2v) is 31.4. The van der Waals surface area contributed by atoms with E-state index in [0.717, 1.165) is 170 Å². The minimum Gasteiger partial charge on any atom is -0.352 e. The van der Waals surface area contributed by atoms with Crippen LogP contribution in [-0.2, 0) is 20.1 Å². The Morgan fingerprint density at radius 3 is 0.459 bits per heavy atom. The summed E-state index contributed by atoms with van der Waals surface area (Å²) in [6.45, 7) is 0.